The number of hydrogen-bond acceptors (Lipinski definition) is 2. The van der Waals surface area contributed by atoms with Gasteiger partial charge < -0.3 is 4.98 Å². The summed E-state index contributed by atoms with van der Waals surface area (Å²) in [5, 5.41) is 4.10. The van der Waals surface area contributed by atoms with Crippen LogP contribution < -0.4 is 5.56 Å². The van der Waals surface area contributed by atoms with Crippen LogP contribution in [0.5, 0.6) is 0 Å². The van der Waals surface area contributed by atoms with Gasteiger partial charge >= 0.3 is 0 Å². The van der Waals surface area contributed by atoms with Gasteiger partial charge in [0.15, 0.2) is 0 Å². The molecule has 1 fully saturated rings. The van der Waals surface area contributed by atoms with Gasteiger partial charge in [-0.05, 0) is 25.7 Å². The van der Waals surface area contributed by atoms with Crippen LogP contribution in [0.1, 0.15) is 49.8 Å². The number of aromatic nitrogens is 3. The smallest absolute Gasteiger partial charge is 0.277 e. The highest BCUT2D eigenvalue weighted by molar-refractivity contribution is 5.43. The van der Waals surface area contributed by atoms with Crippen LogP contribution in [0.4, 0.5) is 0 Å². The molecule has 2 heterocycles. The van der Waals surface area contributed by atoms with E-state index in [4.69, 9.17) is 0 Å². The summed E-state index contributed by atoms with van der Waals surface area (Å²) < 4.78 is 1.50. The number of fused-ring (bicyclic) bond motifs is 3. The molecule has 1 spiro atoms. The summed E-state index contributed by atoms with van der Waals surface area (Å²) in [5.41, 5.74) is 3.39. The Labute approximate surface area is 105 Å². The Balaban J connectivity index is 1.98. The Morgan fingerprint density at radius 3 is 2.89 bits per heavy atom. The van der Waals surface area contributed by atoms with Crippen LogP contribution in [0.3, 0.4) is 0 Å². The van der Waals surface area contributed by atoms with Crippen molar-refractivity contribution in [2.24, 2.45) is 0 Å². The van der Waals surface area contributed by atoms with E-state index in [2.05, 4.69) is 10.1 Å². The number of rotatable bonds is 0. The molecule has 0 bridgehead atoms. The maximum Gasteiger partial charge on any atom is 0.277 e. The summed E-state index contributed by atoms with van der Waals surface area (Å²) in [6.07, 6.45) is 10.2. The minimum atomic E-state index is 0.0891. The number of aromatic amines is 1. The van der Waals surface area contributed by atoms with Crippen LogP contribution >= 0.6 is 0 Å². The van der Waals surface area contributed by atoms with E-state index >= 15 is 0 Å². The third kappa shape index (κ3) is 1.21. The van der Waals surface area contributed by atoms with E-state index < -0.39 is 0 Å². The second-order valence-corrected chi connectivity index (χ2v) is 5.75. The minimum absolute atomic E-state index is 0.0891. The van der Waals surface area contributed by atoms with Crippen molar-refractivity contribution in [2.75, 3.05) is 0 Å². The molecular formula is C14H17N3O. The zero-order valence-electron chi connectivity index (χ0n) is 10.4. The average molecular weight is 243 g/mol. The zero-order valence-corrected chi connectivity index (χ0v) is 10.4. The van der Waals surface area contributed by atoms with Gasteiger partial charge in [0.05, 0.1) is 6.20 Å². The van der Waals surface area contributed by atoms with Crippen molar-refractivity contribution in [1.29, 1.82) is 0 Å². The molecule has 1 saturated carbocycles. The molecule has 2 aliphatic rings. The molecule has 0 atom stereocenters. The topological polar surface area (TPSA) is 50.2 Å². The van der Waals surface area contributed by atoms with E-state index in [1.165, 1.54) is 42.3 Å². The van der Waals surface area contributed by atoms with Gasteiger partial charge in [0.25, 0.3) is 5.56 Å². The fourth-order valence-corrected chi connectivity index (χ4v) is 3.90. The summed E-state index contributed by atoms with van der Waals surface area (Å²) in [6, 6.07) is 1.89. The van der Waals surface area contributed by atoms with Crippen LogP contribution in [0.2, 0.25) is 0 Å². The standard InChI is InChI=1S/C14H17N3O/c18-13-10-4-8-14(6-2-1-3-7-14)12(10)16-11-5-9-15-17(11)13/h5,9,16H,1-4,6-8H2. The molecule has 2 aliphatic carbocycles. The molecule has 0 amide bonds. The van der Waals surface area contributed by atoms with E-state index in [-0.39, 0.29) is 11.0 Å². The predicted octanol–water partition coefficient (Wildman–Crippen LogP) is 2.17. The second-order valence-electron chi connectivity index (χ2n) is 5.75. The van der Waals surface area contributed by atoms with Crippen LogP contribution in [0.15, 0.2) is 17.1 Å². The molecule has 0 aromatic carbocycles. The molecule has 4 nitrogen and oxygen atoms in total. The highest BCUT2D eigenvalue weighted by Crippen LogP contribution is 2.46. The van der Waals surface area contributed by atoms with Gasteiger partial charge in [-0.25, -0.2) is 0 Å². The van der Waals surface area contributed by atoms with Crippen molar-refractivity contribution in [2.45, 2.75) is 50.4 Å². The number of nitrogens with zero attached hydrogens (tertiary/aromatic N) is 2. The van der Waals surface area contributed by atoms with Crippen LogP contribution in [-0.2, 0) is 11.8 Å². The number of H-pyrrole nitrogens is 1. The van der Waals surface area contributed by atoms with E-state index in [0.29, 0.717) is 0 Å². The number of nitrogens with one attached hydrogen (secondary N) is 1. The zero-order chi connectivity index (χ0) is 12.2. The molecule has 94 valence electrons. The summed E-state index contributed by atoms with van der Waals surface area (Å²) in [7, 11) is 0. The molecule has 0 aliphatic heterocycles. The number of hydrogen-bond donors (Lipinski definition) is 1. The van der Waals surface area contributed by atoms with Gasteiger partial charge in [-0.2, -0.15) is 9.61 Å². The van der Waals surface area contributed by atoms with Crippen LogP contribution in [0, 0.1) is 0 Å². The lowest BCUT2D eigenvalue weighted by Crippen LogP contribution is -2.29. The van der Waals surface area contributed by atoms with Crippen molar-refractivity contribution >= 4 is 5.65 Å². The maximum absolute atomic E-state index is 12.4. The van der Waals surface area contributed by atoms with Crippen molar-refractivity contribution in [3.8, 4) is 0 Å². The van der Waals surface area contributed by atoms with Crippen molar-refractivity contribution in [1.82, 2.24) is 14.6 Å². The van der Waals surface area contributed by atoms with Crippen molar-refractivity contribution in [3.63, 3.8) is 0 Å². The summed E-state index contributed by atoms with van der Waals surface area (Å²) >= 11 is 0. The lowest BCUT2D eigenvalue weighted by atomic mass is 9.72. The molecule has 18 heavy (non-hydrogen) atoms. The Morgan fingerprint density at radius 1 is 1.22 bits per heavy atom. The highest BCUT2D eigenvalue weighted by Gasteiger charge is 2.41. The van der Waals surface area contributed by atoms with Crippen LogP contribution in [-0.4, -0.2) is 14.6 Å². The largest absolute Gasteiger partial charge is 0.343 e. The van der Waals surface area contributed by atoms with Gasteiger partial charge in [-0.3, -0.25) is 4.79 Å². The molecule has 2 aromatic heterocycles. The molecule has 0 radical (unpaired) electrons. The first-order valence-electron chi connectivity index (χ1n) is 6.90. The minimum Gasteiger partial charge on any atom is -0.343 e. The Morgan fingerprint density at radius 2 is 2.06 bits per heavy atom. The van der Waals surface area contributed by atoms with E-state index in [0.717, 1.165) is 24.1 Å². The van der Waals surface area contributed by atoms with E-state index in [9.17, 15) is 4.79 Å². The second kappa shape index (κ2) is 3.46. The summed E-state index contributed by atoms with van der Waals surface area (Å²) in [5.74, 6) is 0. The quantitative estimate of drug-likeness (QED) is 0.771. The molecule has 0 saturated heterocycles. The lowest BCUT2D eigenvalue weighted by molar-refractivity contribution is 0.286. The third-order valence-electron chi connectivity index (χ3n) is 4.84. The Hall–Kier alpha value is -1.58. The first kappa shape index (κ1) is 10.4. The average Bonchev–Trinajstić information content (AvgIpc) is 2.98. The fraction of sp³-hybridized carbons (Fsp3) is 0.571. The maximum atomic E-state index is 12.4. The third-order valence-corrected chi connectivity index (χ3v) is 4.84. The van der Waals surface area contributed by atoms with Gasteiger partial charge in [-0.1, -0.05) is 19.3 Å². The molecular weight excluding hydrogens is 226 g/mol. The van der Waals surface area contributed by atoms with E-state index in [1.54, 1.807) is 6.20 Å². The van der Waals surface area contributed by atoms with Gasteiger partial charge in [0, 0.05) is 22.7 Å². The lowest BCUT2D eigenvalue weighted by Gasteiger charge is -2.33. The monoisotopic (exact) mass is 243 g/mol. The molecule has 1 N–H and O–H groups in total. The first-order valence-corrected chi connectivity index (χ1v) is 6.90. The molecule has 4 rings (SSSR count). The van der Waals surface area contributed by atoms with Crippen molar-refractivity contribution in [3.05, 3.63) is 33.9 Å². The normalized spacial score (nSPS) is 21.6. The van der Waals surface area contributed by atoms with Crippen LogP contribution in [0.25, 0.3) is 5.65 Å². The molecule has 4 heteroatoms. The highest BCUT2D eigenvalue weighted by atomic mass is 16.1. The van der Waals surface area contributed by atoms with Gasteiger partial charge in [-0.15, -0.1) is 0 Å². The van der Waals surface area contributed by atoms with Crippen molar-refractivity contribution < 1.29 is 0 Å². The van der Waals surface area contributed by atoms with E-state index in [1.807, 2.05) is 6.07 Å². The molecule has 0 unspecified atom stereocenters. The van der Waals surface area contributed by atoms with Gasteiger partial charge in [0.1, 0.15) is 5.65 Å². The van der Waals surface area contributed by atoms with Gasteiger partial charge in [0.2, 0.25) is 0 Å². The molecule has 2 aromatic rings. The first-order chi connectivity index (χ1) is 8.80. The Kier molecular flexibility index (Phi) is 1.99. The fourth-order valence-electron chi connectivity index (χ4n) is 3.90. The predicted molar refractivity (Wildman–Crippen MR) is 68.9 cm³/mol. The summed E-state index contributed by atoms with van der Waals surface area (Å²) in [6.45, 7) is 0. The summed E-state index contributed by atoms with van der Waals surface area (Å²) in [4.78, 5) is 15.9. The Bertz CT molecular complexity index is 661. The SMILES string of the molecule is O=c1c2c([nH]c3ccnn13)C1(CCCCC1)CC2.